The summed E-state index contributed by atoms with van der Waals surface area (Å²) in [6.07, 6.45) is 2.32. The van der Waals surface area contributed by atoms with Gasteiger partial charge in [-0.25, -0.2) is 0 Å². The fraction of sp³-hybridized carbons (Fsp3) is 0.333. The topological polar surface area (TPSA) is 79.4 Å². The molecule has 0 bridgehead atoms. The lowest BCUT2D eigenvalue weighted by molar-refractivity contribution is -0.136. The molecule has 0 saturated heterocycles. The maximum atomic E-state index is 12.1. The van der Waals surface area contributed by atoms with Crippen LogP contribution in [-0.2, 0) is 4.79 Å². The second-order valence-corrected chi connectivity index (χ2v) is 4.55. The fourth-order valence-corrected chi connectivity index (χ4v) is 2.06. The molecule has 0 aliphatic carbocycles. The molecule has 0 amide bonds. The average molecular weight is 275 g/mol. The molecule has 0 spiro atoms. The number of carbonyl (C=O) groups is 2. The lowest BCUT2D eigenvalue weighted by Gasteiger charge is -2.07. The van der Waals surface area contributed by atoms with Gasteiger partial charge in [-0.1, -0.05) is 13.0 Å². The molecule has 2 aromatic rings. The Morgan fingerprint density at radius 1 is 1.30 bits per heavy atom. The van der Waals surface area contributed by atoms with Crippen LogP contribution in [0, 0.1) is 0 Å². The van der Waals surface area contributed by atoms with E-state index < -0.39 is 5.97 Å². The number of fused-ring (bicyclic) bond motifs is 1. The number of carboxylic acid groups (broad SMARTS) is 1. The minimum Gasteiger partial charge on any atom is -0.493 e. The van der Waals surface area contributed by atoms with Crippen molar-refractivity contribution in [1.29, 1.82) is 0 Å². The molecule has 106 valence electrons. The molecule has 0 aliphatic rings. The molecule has 0 unspecified atom stereocenters. The van der Waals surface area contributed by atoms with Crippen molar-refractivity contribution in [2.24, 2.45) is 0 Å². The van der Waals surface area contributed by atoms with E-state index in [1.165, 1.54) is 0 Å². The highest BCUT2D eigenvalue weighted by atomic mass is 16.5. The molecule has 0 radical (unpaired) electrons. The summed E-state index contributed by atoms with van der Waals surface area (Å²) in [5, 5.41) is 9.39. The number of aromatic nitrogens is 1. The van der Waals surface area contributed by atoms with Gasteiger partial charge in [0.15, 0.2) is 5.78 Å². The molecular weight excluding hydrogens is 258 g/mol. The summed E-state index contributed by atoms with van der Waals surface area (Å²) < 4.78 is 5.65. The molecule has 1 aromatic heterocycles. The zero-order chi connectivity index (χ0) is 14.5. The van der Waals surface area contributed by atoms with Gasteiger partial charge in [0.25, 0.3) is 0 Å². The normalized spacial score (nSPS) is 10.7. The predicted molar refractivity (Wildman–Crippen MR) is 75.3 cm³/mol. The molecule has 5 heteroatoms. The molecule has 5 nitrogen and oxygen atoms in total. The molecule has 0 atom stereocenters. The monoisotopic (exact) mass is 275 g/mol. The highest BCUT2D eigenvalue weighted by molar-refractivity contribution is 6.10. The number of rotatable bonds is 7. The van der Waals surface area contributed by atoms with Crippen LogP contribution in [0.2, 0.25) is 0 Å². The predicted octanol–water partition coefficient (Wildman–Crippen LogP) is 3.00. The third-order valence-corrected chi connectivity index (χ3v) is 3.00. The van der Waals surface area contributed by atoms with E-state index in [9.17, 15) is 9.59 Å². The molecule has 0 fully saturated rings. The van der Waals surface area contributed by atoms with Crippen molar-refractivity contribution in [2.45, 2.75) is 26.2 Å². The fourth-order valence-electron chi connectivity index (χ4n) is 2.06. The number of nitrogens with one attached hydrogen (secondary N) is 1. The summed E-state index contributed by atoms with van der Waals surface area (Å²) in [5.41, 5.74) is 1.31. The molecule has 0 saturated carbocycles. The van der Waals surface area contributed by atoms with Crippen molar-refractivity contribution in [2.75, 3.05) is 6.61 Å². The molecule has 2 rings (SSSR count). The smallest absolute Gasteiger partial charge is 0.303 e. The first-order valence-corrected chi connectivity index (χ1v) is 6.61. The van der Waals surface area contributed by atoms with Gasteiger partial charge in [-0.15, -0.1) is 0 Å². The Kier molecular flexibility index (Phi) is 4.40. The van der Waals surface area contributed by atoms with E-state index in [2.05, 4.69) is 4.98 Å². The summed E-state index contributed by atoms with van der Waals surface area (Å²) in [5.74, 6) is -0.504. The molecule has 20 heavy (non-hydrogen) atoms. The van der Waals surface area contributed by atoms with Crippen molar-refractivity contribution in [3.8, 4) is 5.75 Å². The number of hydrogen-bond donors (Lipinski definition) is 2. The van der Waals surface area contributed by atoms with Crippen LogP contribution in [0.5, 0.6) is 5.75 Å². The number of ketones is 1. The van der Waals surface area contributed by atoms with Crippen LogP contribution in [-0.4, -0.2) is 28.4 Å². The standard InChI is InChI=1S/C15H17NO4/c1-2-8-20-13-5-3-4-11-15(13)10(9-16-11)12(17)6-7-14(18)19/h3-5,9,16H,2,6-8H2,1H3,(H,18,19). The third kappa shape index (κ3) is 2.99. The van der Waals surface area contributed by atoms with Gasteiger partial charge in [0.1, 0.15) is 5.75 Å². The minimum atomic E-state index is -0.972. The number of benzene rings is 1. The molecule has 1 aromatic carbocycles. The zero-order valence-electron chi connectivity index (χ0n) is 11.3. The minimum absolute atomic E-state index is 0.00953. The highest BCUT2D eigenvalue weighted by Gasteiger charge is 2.16. The van der Waals surface area contributed by atoms with Gasteiger partial charge in [0.05, 0.1) is 18.4 Å². The van der Waals surface area contributed by atoms with E-state index >= 15 is 0 Å². The second kappa shape index (κ2) is 6.23. The van der Waals surface area contributed by atoms with E-state index in [0.717, 1.165) is 17.3 Å². The Morgan fingerprint density at radius 2 is 2.10 bits per heavy atom. The first-order chi connectivity index (χ1) is 9.63. The van der Waals surface area contributed by atoms with Gasteiger partial charge in [-0.05, 0) is 18.6 Å². The molecular formula is C15H17NO4. The van der Waals surface area contributed by atoms with Crippen LogP contribution < -0.4 is 4.74 Å². The maximum absolute atomic E-state index is 12.1. The van der Waals surface area contributed by atoms with Gasteiger partial charge < -0.3 is 14.8 Å². The Bertz CT molecular complexity index is 630. The third-order valence-electron chi connectivity index (χ3n) is 3.00. The van der Waals surface area contributed by atoms with Crippen molar-refractivity contribution in [1.82, 2.24) is 4.98 Å². The number of Topliss-reactive ketones (excluding diaryl/α,β-unsaturated/α-hetero) is 1. The number of H-pyrrole nitrogens is 1. The highest BCUT2D eigenvalue weighted by Crippen LogP contribution is 2.29. The first-order valence-electron chi connectivity index (χ1n) is 6.61. The zero-order valence-corrected chi connectivity index (χ0v) is 11.3. The van der Waals surface area contributed by atoms with E-state index in [1.807, 2.05) is 25.1 Å². The molecule has 2 N–H and O–H groups in total. The lowest BCUT2D eigenvalue weighted by atomic mass is 10.0. The number of carbonyl (C=O) groups excluding carboxylic acids is 1. The SMILES string of the molecule is CCCOc1cccc2[nH]cc(C(=O)CCC(=O)O)c12. The number of aromatic amines is 1. The summed E-state index contributed by atoms with van der Waals surface area (Å²) in [6, 6.07) is 5.54. The van der Waals surface area contributed by atoms with Gasteiger partial charge in [-0.2, -0.15) is 0 Å². The summed E-state index contributed by atoms with van der Waals surface area (Å²) >= 11 is 0. The summed E-state index contributed by atoms with van der Waals surface area (Å²) in [4.78, 5) is 25.7. The number of ether oxygens (including phenoxy) is 1. The van der Waals surface area contributed by atoms with Gasteiger partial charge in [-0.3, -0.25) is 9.59 Å². The van der Waals surface area contributed by atoms with E-state index in [1.54, 1.807) is 6.20 Å². The molecule has 0 aliphatic heterocycles. The van der Waals surface area contributed by atoms with Crippen LogP contribution in [0.3, 0.4) is 0 Å². The summed E-state index contributed by atoms with van der Waals surface area (Å²) in [7, 11) is 0. The Labute approximate surface area is 116 Å². The maximum Gasteiger partial charge on any atom is 0.303 e. The van der Waals surface area contributed by atoms with E-state index in [-0.39, 0.29) is 18.6 Å². The van der Waals surface area contributed by atoms with Crippen LogP contribution in [0.15, 0.2) is 24.4 Å². The van der Waals surface area contributed by atoms with Gasteiger partial charge in [0, 0.05) is 23.7 Å². The first kappa shape index (κ1) is 14.1. The van der Waals surface area contributed by atoms with Crippen molar-refractivity contribution < 1.29 is 19.4 Å². The summed E-state index contributed by atoms with van der Waals surface area (Å²) in [6.45, 7) is 2.59. The number of hydrogen-bond acceptors (Lipinski definition) is 3. The second-order valence-electron chi connectivity index (χ2n) is 4.55. The quantitative estimate of drug-likeness (QED) is 0.761. The Balaban J connectivity index is 2.33. The molecule has 1 heterocycles. The van der Waals surface area contributed by atoms with Crippen molar-refractivity contribution in [3.63, 3.8) is 0 Å². The van der Waals surface area contributed by atoms with Crippen LogP contribution in [0.4, 0.5) is 0 Å². The van der Waals surface area contributed by atoms with Crippen LogP contribution in [0.1, 0.15) is 36.5 Å². The van der Waals surface area contributed by atoms with Crippen molar-refractivity contribution >= 4 is 22.7 Å². The van der Waals surface area contributed by atoms with Gasteiger partial charge in [0.2, 0.25) is 0 Å². The van der Waals surface area contributed by atoms with E-state index in [4.69, 9.17) is 9.84 Å². The van der Waals surface area contributed by atoms with E-state index in [0.29, 0.717) is 17.9 Å². The van der Waals surface area contributed by atoms with Crippen molar-refractivity contribution in [3.05, 3.63) is 30.0 Å². The Morgan fingerprint density at radius 3 is 2.80 bits per heavy atom. The number of aliphatic carboxylic acids is 1. The largest absolute Gasteiger partial charge is 0.493 e. The lowest BCUT2D eigenvalue weighted by Crippen LogP contribution is -2.04. The Hall–Kier alpha value is -2.30. The van der Waals surface area contributed by atoms with Crippen LogP contribution >= 0.6 is 0 Å². The average Bonchev–Trinajstić information content (AvgIpc) is 2.87. The van der Waals surface area contributed by atoms with Gasteiger partial charge >= 0.3 is 5.97 Å². The van der Waals surface area contributed by atoms with Crippen LogP contribution in [0.25, 0.3) is 10.9 Å². The number of carboxylic acids is 1.